The third-order valence-corrected chi connectivity index (χ3v) is 3.16. The highest BCUT2D eigenvalue weighted by molar-refractivity contribution is 7.80. The summed E-state index contributed by atoms with van der Waals surface area (Å²) in [6.07, 6.45) is 1.45. The zero-order valence-electron chi connectivity index (χ0n) is 11.1. The van der Waals surface area contributed by atoms with Crippen LogP contribution >= 0.6 is 23.8 Å². The first-order valence-corrected chi connectivity index (χ1v) is 6.70. The number of nitrogens with one attached hydrogen (secondary N) is 1. The monoisotopic (exact) mass is 321 g/mol. The Hall–Kier alpha value is -2.18. The van der Waals surface area contributed by atoms with Gasteiger partial charge in [-0.1, -0.05) is 23.8 Å². The van der Waals surface area contributed by atoms with Crippen LogP contribution in [-0.4, -0.2) is 23.0 Å². The number of carbonyl (C=O) groups excluding carboxylic acids is 1. The first-order valence-electron chi connectivity index (χ1n) is 5.92. The third-order valence-electron chi connectivity index (χ3n) is 2.69. The lowest BCUT2D eigenvalue weighted by molar-refractivity contribution is 0.102. The molecule has 108 valence electrons. The van der Waals surface area contributed by atoms with Gasteiger partial charge in [0, 0.05) is 16.8 Å². The molecule has 0 aliphatic rings. The summed E-state index contributed by atoms with van der Waals surface area (Å²) in [7, 11) is 1.51. The Bertz CT molecular complexity index is 689. The molecule has 7 heteroatoms. The minimum absolute atomic E-state index is 0.228. The van der Waals surface area contributed by atoms with Crippen molar-refractivity contribution in [1.29, 1.82) is 0 Å². The van der Waals surface area contributed by atoms with Crippen molar-refractivity contribution in [3.63, 3.8) is 0 Å². The number of aromatic nitrogens is 1. The third kappa shape index (κ3) is 3.68. The number of amides is 1. The zero-order chi connectivity index (χ0) is 15.4. The second-order valence-electron chi connectivity index (χ2n) is 4.10. The first-order chi connectivity index (χ1) is 10.0. The lowest BCUT2D eigenvalue weighted by Crippen LogP contribution is -2.16. The van der Waals surface area contributed by atoms with E-state index in [1.54, 1.807) is 30.3 Å². The van der Waals surface area contributed by atoms with Gasteiger partial charge in [-0.15, -0.1) is 0 Å². The second kappa shape index (κ2) is 6.51. The van der Waals surface area contributed by atoms with Gasteiger partial charge in [0.25, 0.3) is 5.91 Å². The predicted octanol–water partition coefficient (Wildman–Crippen LogP) is 2.63. The highest BCUT2D eigenvalue weighted by Crippen LogP contribution is 2.27. The number of hydrogen-bond donors (Lipinski definition) is 2. The van der Waals surface area contributed by atoms with E-state index in [4.69, 9.17) is 34.3 Å². The summed E-state index contributed by atoms with van der Waals surface area (Å²) in [6.45, 7) is 0. The molecular weight excluding hydrogens is 310 g/mol. The minimum Gasteiger partial charge on any atom is -0.495 e. The van der Waals surface area contributed by atoms with Crippen LogP contribution in [-0.2, 0) is 0 Å². The van der Waals surface area contributed by atoms with Gasteiger partial charge in [-0.2, -0.15) is 0 Å². The zero-order valence-corrected chi connectivity index (χ0v) is 12.7. The Labute approximate surface area is 132 Å². The number of benzene rings is 1. The minimum atomic E-state index is -0.384. The van der Waals surface area contributed by atoms with Crippen molar-refractivity contribution in [2.24, 2.45) is 5.73 Å². The second-order valence-corrected chi connectivity index (χ2v) is 4.97. The van der Waals surface area contributed by atoms with E-state index in [0.29, 0.717) is 22.0 Å². The van der Waals surface area contributed by atoms with Gasteiger partial charge in [0.05, 0.1) is 12.8 Å². The molecule has 0 saturated carbocycles. The van der Waals surface area contributed by atoms with Crippen LogP contribution in [0.15, 0.2) is 36.5 Å². The van der Waals surface area contributed by atoms with Crippen molar-refractivity contribution in [2.45, 2.75) is 0 Å². The molecule has 3 N–H and O–H groups in total. The van der Waals surface area contributed by atoms with E-state index in [0.717, 1.165) is 0 Å². The van der Waals surface area contributed by atoms with Crippen LogP contribution in [0, 0.1) is 0 Å². The van der Waals surface area contributed by atoms with E-state index in [2.05, 4.69) is 10.3 Å². The van der Waals surface area contributed by atoms with Crippen molar-refractivity contribution >= 4 is 40.4 Å². The topological polar surface area (TPSA) is 77.2 Å². The molecule has 0 unspecified atom stereocenters. The molecule has 0 aliphatic carbocycles. The maximum Gasteiger partial charge on any atom is 0.274 e. The van der Waals surface area contributed by atoms with Crippen molar-refractivity contribution in [2.75, 3.05) is 12.4 Å². The number of rotatable bonds is 4. The first kappa shape index (κ1) is 15.2. The summed E-state index contributed by atoms with van der Waals surface area (Å²) in [5.41, 5.74) is 6.78. The fraction of sp³-hybridized carbons (Fsp3) is 0.0714. The van der Waals surface area contributed by atoms with Crippen LogP contribution in [0.25, 0.3) is 0 Å². The van der Waals surface area contributed by atoms with Gasteiger partial charge in [-0.3, -0.25) is 9.78 Å². The van der Waals surface area contributed by atoms with Gasteiger partial charge in [0.15, 0.2) is 0 Å². The van der Waals surface area contributed by atoms with E-state index in [-0.39, 0.29) is 16.6 Å². The number of nitrogens with two attached hydrogens (primary N) is 1. The van der Waals surface area contributed by atoms with E-state index < -0.39 is 0 Å². The standard InChI is InChI=1S/C14H12ClN3O2S/c1-20-12-5-3-9(15)6-11(12)18-14(19)10-4-2-8(7-17-10)13(16)21/h2-7H,1H3,(H2,16,21)(H,18,19). The van der Waals surface area contributed by atoms with Gasteiger partial charge < -0.3 is 15.8 Å². The average molecular weight is 322 g/mol. The summed E-state index contributed by atoms with van der Waals surface area (Å²) < 4.78 is 5.16. The molecule has 5 nitrogen and oxygen atoms in total. The summed E-state index contributed by atoms with van der Waals surface area (Å²) >= 11 is 10.7. The number of nitrogens with zero attached hydrogens (tertiary/aromatic N) is 1. The number of thiocarbonyl (C=S) groups is 1. The number of methoxy groups -OCH3 is 1. The van der Waals surface area contributed by atoms with E-state index in [1.165, 1.54) is 13.3 Å². The van der Waals surface area contributed by atoms with Crippen LogP contribution in [0.4, 0.5) is 5.69 Å². The SMILES string of the molecule is COc1ccc(Cl)cc1NC(=O)c1ccc(C(N)=S)cn1. The fourth-order valence-corrected chi connectivity index (χ4v) is 1.93. The number of pyridine rings is 1. The Balaban J connectivity index is 2.21. The Morgan fingerprint density at radius 1 is 1.38 bits per heavy atom. The van der Waals surface area contributed by atoms with Crippen LogP contribution in [0.5, 0.6) is 5.75 Å². The smallest absolute Gasteiger partial charge is 0.274 e. The molecule has 21 heavy (non-hydrogen) atoms. The quantitative estimate of drug-likeness (QED) is 0.846. The van der Waals surface area contributed by atoms with Crippen LogP contribution in [0.3, 0.4) is 0 Å². The summed E-state index contributed by atoms with van der Waals surface area (Å²) in [4.78, 5) is 16.4. The molecule has 0 bridgehead atoms. The number of halogens is 1. The van der Waals surface area contributed by atoms with Crippen LogP contribution in [0.2, 0.25) is 5.02 Å². The Morgan fingerprint density at radius 2 is 2.14 bits per heavy atom. The molecule has 2 rings (SSSR count). The molecule has 0 saturated heterocycles. The molecule has 1 aromatic heterocycles. The lowest BCUT2D eigenvalue weighted by atomic mass is 10.2. The largest absolute Gasteiger partial charge is 0.495 e. The highest BCUT2D eigenvalue weighted by Gasteiger charge is 2.11. The predicted molar refractivity (Wildman–Crippen MR) is 86.1 cm³/mol. The maximum absolute atomic E-state index is 12.1. The number of carbonyl (C=O) groups is 1. The fourth-order valence-electron chi connectivity index (χ4n) is 1.64. The number of anilines is 1. The number of ether oxygens (including phenoxy) is 1. The van der Waals surface area contributed by atoms with Crippen molar-refractivity contribution in [1.82, 2.24) is 4.98 Å². The highest BCUT2D eigenvalue weighted by atomic mass is 35.5. The summed E-state index contributed by atoms with van der Waals surface area (Å²) in [5.74, 6) is 0.123. The molecule has 1 heterocycles. The molecule has 0 atom stereocenters. The van der Waals surface area contributed by atoms with Gasteiger partial charge in [0.2, 0.25) is 0 Å². The van der Waals surface area contributed by atoms with Gasteiger partial charge in [-0.25, -0.2) is 0 Å². The molecule has 0 radical (unpaired) electrons. The van der Waals surface area contributed by atoms with Crippen molar-refractivity contribution in [3.8, 4) is 5.75 Å². The molecule has 1 aromatic carbocycles. The van der Waals surface area contributed by atoms with Crippen LogP contribution in [0.1, 0.15) is 16.1 Å². The van der Waals surface area contributed by atoms with E-state index in [9.17, 15) is 4.79 Å². The Morgan fingerprint density at radius 3 is 2.71 bits per heavy atom. The molecule has 0 spiro atoms. The summed E-state index contributed by atoms with van der Waals surface area (Å²) in [5, 5.41) is 3.18. The normalized spacial score (nSPS) is 10.0. The van der Waals surface area contributed by atoms with Crippen molar-refractivity contribution < 1.29 is 9.53 Å². The molecule has 0 aliphatic heterocycles. The van der Waals surface area contributed by atoms with Gasteiger partial charge >= 0.3 is 0 Å². The summed E-state index contributed by atoms with van der Waals surface area (Å²) in [6, 6.07) is 8.12. The van der Waals surface area contributed by atoms with E-state index in [1.807, 2.05) is 0 Å². The average Bonchev–Trinajstić information content (AvgIpc) is 2.47. The molecular formula is C14H12ClN3O2S. The molecule has 0 fully saturated rings. The van der Waals surface area contributed by atoms with Crippen LogP contribution < -0.4 is 15.8 Å². The van der Waals surface area contributed by atoms with Gasteiger partial charge in [0.1, 0.15) is 16.4 Å². The van der Waals surface area contributed by atoms with E-state index >= 15 is 0 Å². The lowest BCUT2D eigenvalue weighted by Gasteiger charge is -2.10. The molecule has 1 amide bonds. The van der Waals surface area contributed by atoms with Gasteiger partial charge in [-0.05, 0) is 30.3 Å². The number of hydrogen-bond acceptors (Lipinski definition) is 4. The Kier molecular flexibility index (Phi) is 4.72. The van der Waals surface area contributed by atoms with Crippen molar-refractivity contribution in [3.05, 3.63) is 52.8 Å². The maximum atomic E-state index is 12.1. The molecule has 2 aromatic rings.